The smallest absolute Gasteiger partial charge is 0.222 e. The number of nitrogens with one attached hydrogen (secondary N) is 1. The highest BCUT2D eigenvalue weighted by Crippen LogP contribution is 2.02. The molecule has 1 N–H and O–H groups in total. The van der Waals surface area contributed by atoms with Crippen LogP contribution in [-0.2, 0) is 4.79 Å². The van der Waals surface area contributed by atoms with E-state index in [0.29, 0.717) is 6.54 Å². The molecule has 0 spiro atoms. The first-order valence-corrected chi connectivity index (χ1v) is 4.84. The van der Waals surface area contributed by atoms with Gasteiger partial charge in [0.25, 0.3) is 0 Å². The van der Waals surface area contributed by atoms with Crippen molar-refractivity contribution in [1.29, 1.82) is 0 Å². The summed E-state index contributed by atoms with van der Waals surface area (Å²) in [6, 6.07) is 0. The van der Waals surface area contributed by atoms with Crippen molar-refractivity contribution in [2.24, 2.45) is 16.1 Å². The first kappa shape index (κ1) is 12.8. The van der Waals surface area contributed by atoms with Crippen LogP contribution in [0, 0.1) is 5.92 Å². The summed E-state index contributed by atoms with van der Waals surface area (Å²) in [6.45, 7) is 6.28. The van der Waals surface area contributed by atoms with Crippen LogP contribution in [0.25, 0.3) is 0 Å². The van der Waals surface area contributed by atoms with Gasteiger partial charge >= 0.3 is 0 Å². The summed E-state index contributed by atoms with van der Waals surface area (Å²) in [5.41, 5.74) is 0.900. The number of hydrogen-bond acceptors (Lipinski definition) is 3. The Balaban J connectivity index is 3.78. The Morgan fingerprint density at radius 3 is 2.57 bits per heavy atom. The van der Waals surface area contributed by atoms with Crippen molar-refractivity contribution in [3.63, 3.8) is 0 Å². The molecule has 1 amide bonds. The highest BCUT2D eigenvalue weighted by atomic mass is 16.1. The molecule has 0 fully saturated rings. The van der Waals surface area contributed by atoms with Crippen LogP contribution in [0.1, 0.15) is 27.2 Å². The quantitative estimate of drug-likeness (QED) is 0.674. The standard InChI is InChI=1S/C10H19N3O/c1-5-9(13-11-4)6-7-12-10(14)8(2)3/h5,8H,6-7H2,1-4H3,(H,12,14)/b9-5-,13-11?. The maximum Gasteiger partial charge on any atom is 0.222 e. The Hall–Kier alpha value is -1.19. The molecule has 0 rings (SSSR count). The number of allylic oxidation sites excluding steroid dienone is 1. The molecular weight excluding hydrogens is 178 g/mol. The van der Waals surface area contributed by atoms with E-state index in [0.717, 1.165) is 12.1 Å². The Morgan fingerprint density at radius 2 is 2.14 bits per heavy atom. The molecule has 0 heterocycles. The lowest BCUT2D eigenvalue weighted by molar-refractivity contribution is -0.123. The molecule has 0 aliphatic heterocycles. The highest BCUT2D eigenvalue weighted by Gasteiger charge is 2.05. The Morgan fingerprint density at radius 1 is 1.50 bits per heavy atom. The molecule has 0 saturated carbocycles. The maximum absolute atomic E-state index is 11.2. The van der Waals surface area contributed by atoms with Crippen molar-refractivity contribution in [3.05, 3.63) is 11.8 Å². The topological polar surface area (TPSA) is 53.8 Å². The Bertz CT molecular complexity index is 232. The van der Waals surface area contributed by atoms with Crippen LogP contribution in [0.5, 0.6) is 0 Å². The molecule has 14 heavy (non-hydrogen) atoms. The maximum atomic E-state index is 11.2. The van der Waals surface area contributed by atoms with Crippen molar-refractivity contribution in [1.82, 2.24) is 5.32 Å². The lowest BCUT2D eigenvalue weighted by Gasteiger charge is -2.06. The zero-order valence-electron chi connectivity index (χ0n) is 9.37. The van der Waals surface area contributed by atoms with Gasteiger partial charge in [0.15, 0.2) is 0 Å². The van der Waals surface area contributed by atoms with E-state index in [-0.39, 0.29) is 11.8 Å². The molecular formula is C10H19N3O. The summed E-state index contributed by atoms with van der Waals surface area (Å²) in [6.07, 6.45) is 2.63. The van der Waals surface area contributed by atoms with Gasteiger partial charge in [0.2, 0.25) is 5.91 Å². The number of carbonyl (C=O) groups excluding carboxylic acids is 1. The number of nitrogens with zero attached hydrogens (tertiary/aromatic N) is 2. The third-order valence-electron chi connectivity index (χ3n) is 1.77. The van der Waals surface area contributed by atoms with Gasteiger partial charge in [0, 0.05) is 25.9 Å². The van der Waals surface area contributed by atoms with Gasteiger partial charge in [-0.25, -0.2) is 0 Å². The zero-order chi connectivity index (χ0) is 11.0. The molecule has 0 aliphatic rings. The van der Waals surface area contributed by atoms with Gasteiger partial charge in [0.05, 0.1) is 5.70 Å². The normalized spacial score (nSPS) is 12.5. The third kappa shape index (κ3) is 5.45. The second kappa shape index (κ2) is 7.24. The predicted molar refractivity (Wildman–Crippen MR) is 57.0 cm³/mol. The van der Waals surface area contributed by atoms with Crippen molar-refractivity contribution < 1.29 is 4.79 Å². The van der Waals surface area contributed by atoms with Gasteiger partial charge in [-0.05, 0) is 6.92 Å². The molecule has 0 aromatic carbocycles. The molecule has 0 saturated heterocycles. The van der Waals surface area contributed by atoms with E-state index in [1.807, 2.05) is 26.8 Å². The van der Waals surface area contributed by atoms with Gasteiger partial charge in [0.1, 0.15) is 0 Å². The summed E-state index contributed by atoms with van der Waals surface area (Å²) in [5, 5.41) is 10.4. The van der Waals surface area contributed by atoms with Crippen LogP contribution in [0.3, 0.4) is 0 Å². The Labute approximate surface area is 85.5 Å². The molecule has 0 atom stereocenters. The molecule has 0 aliphatic carbocycles. The van der Waals surface area contributed by atoms with E-state index in [4.69, 9.17) is 0 Å². The van der Waals surface area contributed by atoms with E-state index in [2.05, 4.69) is 15.5 Å². The molecule has 4 heteroatoms. The van der Waals surface area contributed by atoms with Crippen molar-refractivity contribution in [2.45, 2.75) is 27.2 Å². The van der Waals surface area contributed by atoms with Gasteiger partial charge in [-0.2, -0.15) is 10.2 Å². The average molecular weight is 197 g/mol. The fourth-order valence-corrected chi connectivity index (χ4v) is 0.898. The Kier molecular flexibility index (Phi) is 6.62. The van der Waals surface area contributed by atoms with Gasteiger partial charge in [-0.15, -0.1) is 0 Å². The van der Waals surface area contributed by atoms with E-state index in [1.165, 1.54) is 0 Å². The molecule has 0 aromatic rings. The molecule has 4 nitrogen and oxygen atoms in total. The third-order valence-corrected chi connectivity index (χ3v) is 1.77. The first-order chi connectivity index (χ1) is 6.61. The summed E-state index contributed by atoms with van der Waals surface area (Å²) in [4.78, 5) is 11.2. The number of amides is 1. The van der Waals surface area contributed by atoms with E-state index in [9.17, 15) is 4.79 Å². The van der Waals surface area contributed by atoms with Crippen molar-refractivity contribution >= 4 is 5.91 Å². The highest BCUT2D eigenvalue weighted by molar-refractivity contribution is 5.77. The monoisotopic (exact) mass is 197 g/mol. The number of hydrogen-bond donors (Lipinski definition) is 1. The SMILES string of the molecule is C/C=C(/CCNC(=O)C(C)C)N=NC. The number of carbonyl (C=O) groups is 1. The zero-order valence-corrected chi connectivity index (χ0v) is 9.37. The minimum atomic E-state index is 0.0388. The summed E-state index contributed by atoms with van der Waals surface area (Å²) < 4.78 is 0. The van der Waals surface area contributed by atoms with Gasteiger partial charge < -0.3 is 5.32 Å². The second-order valence-electron chi connectivity index (χ2n) is 3.28. The molecule has 0 aromatic heterocycles. The average Bonchev–Trinajstić information content (AvgIpc) is 2.16. The van der Waals surface area contributed by atoms with Crippen LogP contribution in [0.4, 0.5) is 0 Å². The lowest BCUT2D eigenvalue weighted by atomic mass is 10.2. The first-order valence-electron chi connectivity index (χ1n) is 4.84. The van der Waals surface area contributed by atoms with Crippen LogP contribution in [-0.4, -0.2) is 19.5 Å². The minimum absolute atomic E-state index is 0.0388. The number of azo groups is 1. The second-order valence-corrected chi connectivity index (χ2v) is 3.28. The van der Waals surface area contributed by atoms with Crippen LogP contribution in [0.15, 0.2) is 22.0 Å². The largest absolute Gasteiger partial charge is 0.355 e. The number of rotatable bonds is 5. The summed E-state index contributed by atoms with van der Waals surface area (Å²) >= 11 is 0. The summed E-state index contributed by atoms with van der Waals surface area (Å²) in [7, 11) is 1.64. The van der Waals surface area contributed by atoms with Crippen LogP contribution in [0.2, 0.25) is 0 Å². The van der Waals surface area contributed by atoms with E-state index < -0.39 is 0 Å². The van der Waals surface area contributed by atoms with E-state index >= 15 is 0 Å². The fraction of sp³-hybridized carbons (Fsp3) is 0.700. The van der Waals surface area contributed by atoms with Crippen molar-refractivity contribution in [2.75, 3.05) is 13.6 Å². The predicted octanol–water partition coefficient (Wildman–Crippen LogP) is 2.13. The molecule has 0 bridgehead atoms. The molecule has 0 radical (unpaired) electrons. The minimum Gasteiger partial charge on any atom is -0.355 e. The van der Waals surface area contributed by atoms with Crippen LogP contribution < -0.4 is 5.32 Å². The van der Waals surface area contributed by atoms with Gasteiger partial charge in [-0.1, -0.05) is 19.9 Å². The molecule has 0 unspecified atom stereocenters. The van der Waals surface area contributed by atoms with E-state index in [1.54, 1.807) is 7.05 Å². The fourth-order valence-electron chi connectivity index (χ4n) is 0.898. The lowest BCUT2D eigenvalue weighted by Crippen LogP contribution is -2.28. The molecule has 80 valence electrons. The van der Waals surface area contributed by atoms with Gasteiger partial charge in [-0.3, -0.25) is 4.79 Å². The van der Waals surface area contributed by atoms with Crippen molar-refractivity contribution in [3.8, 4) is 0 Å². The van der Waals surface area contributed by atoms with Crippen LogP contribution >= 0.6 is 0 Å². The summed E-state index contributed by atoms with van der Waals surface area (Å²) in [5.74, 6) is 0.116.